The summed E-state index contributed by atoms with van der Waals surface area (Å²) in [5.74, 6) is -4.40. The van der Waals surface area contributed by atoms with Crippen LogP contribution in [0.1, 0.15) is 20.7 Å². The standard InChI is InChI=1S/C20H14O15S4.4K/c21-15-11-8-4-5-9-12(11)16(22)14-13(15)17(36(23,24)25)19(38(29,30)31)20(39(32,33)34,18(14)37(26,27)28)35-10-6-2-1-3-7-10;;;;/h1-9,18H,(H,23,24,25)(H,26,27,28)(H,29,30,31)(H,32,33,34);;;;/q;4*+1/p-4. The van der Waals surface area contributed by atoms with E-state index in [0.29, 0.717) is 0 Å². The van der Waals surface area contributed by atoms with E-state index in [4.69, 9.17) is 4.74 Å². The van der Waals surface area contributed by atoms with Crippen LogP contribution in [-0.4, -0.2) is 73.6 Å². The first-order valence-electron chi connectivity index (χ1n) is 9.98. The number of allylic oxidation sites excluding steroid dienone is 1. The van der Waals surface area contributed by atoms with Gasteiger partial charge in [0, 0.05) is 22.3 Å². The van der Waals surface area contributed by atoms with Crippen molar-refractivity contribution in [3.63, 3.8) is 0 Å². The van der Waals surface area contributed by atoms with Crippen LogP contribution in [0.4, 0.5) is 0 Å². The predicted molar refractivity (Wildman–Crippen MR) is 122 cm³/mol. The molecule has 4 rings (SSSR count). The third-order valence-electron chi connectivity index (χ3n) is 5.69. The second-order valence-corrected chi connectivity index (χ2v) is 13.6. The second kappa shape index (κ2) is 16.5. The van der Waals surface area contributed by atoms with Crippen molar-refractivity contribution in [1.29, 1.82) is 0 Å². The summed E-state index contributed by atoms with van der Waals surface area (Å²) in [5, 5.41) is -3.85. The topological polar surface area (TPSA) is 272 Å². The number of carbonyl (C=O) groups excluding carboxylic acids is 2. The molecular formula is C20H10K4O15S4. The summed E-state index contributed by atoms with van der Waals surface area (Å²) in [6.07, 6.45) is 0. The Labute approximate surface area is 416 Å². The molecule has 0 saturated carbocycles. The predicted octanol–water partition coefficient (Wildman–Crippen LogP) is -13.1. The number of carbonyl (C=O) groups is 2. The van der Waals surface area contributed by atoms with E-state index in [2.05, 4.69) is 0 Å². The van der Waals surface area contributed by atoms with E-state index >= 15 is 0 Å². The van der Waals surface area contributed by atoms with E-state index in [1.807, 2.05) is 0 Å². The van der Waals surface area contributed by atoms with E-state index in [-0.39, 0.29) is 206 Å². The van der Waals surface area contributed by atoms with Crippen LogP contribution in [0.5, 0.6) is 5.75 Å². The van der Waals surface area contributed by atoms with Gasteiger partial charge in [-0.15, -0.1) is 0 Å². The summed E-state index contributed by atoms with van der Waals surface area (Å²) in [5.41, 5.74) is -5.19. The van der Waals surface area contributed by atoms with Crippen LogP contribution in [0.15, 0.2) is 75.6 Å². The maximum Gasteiger partial charge on any atom is 1.00 e. The molecule has 0 saturated heterocycles. The van der Waals surface area contributed by atoms with Crippen molar-refractivity contribution in [1.82, 2.24) is 0 Å². The number of Topliss-reactive ketones (excluding diaryl/α,β-unsaturated/α-hetero) is 2. The Kier molecular flexibility index (Phi) is 17.8. The van der Waals surface area contributed by atoms with Gasteiger partial charge in [0.15, 0.2) is 11.6 Å². The molecule has 2 aromatic rings. The molecule has 0 radical (unpaired) electrons. The van der Waals surface area contributed by atoms with Crippen molar-refractivity contribution in [2.45, 2.75) is 10.2 Å². The average Bonchev–Trinajstić information content (AvgIpc) is 2.79. The van der Waals surface area contributed by atoms with E-state index < -0.39 is 100 Å². The Balaban J connectivity index is 0.00000441. The molecule has 23 heteroatoms. The van der Waals surface area contributed by atoms with Crippen LogP contribution in [-0.2, 0) is 40.5 Å². The summed E-state index contributed by atoms with van der Waals surface area (Å²) >= 11 is 0. The molecule has 2 unspecified atom stereocenters. The monoisotopic (exact) mass is 774 g/mol. The van der Waals surface area contributed by atoms with Crippen LogP contribution in [0, 0.1) is 0 Å². The molecule has 0 heterocycles. The number of hydrogen-bond donors (Lipinski definition) is 0. The molecule has 2 aromatic carbocycles. The Morgan fingerprint density at radius 1 is 0.628 bits per heavy atom. The first-order chi connectivity index (χ1) is 17.7. The number of hydrogen-bond acceptors (Lipinski definition) is 15. The molecule has 2 atom stereocenters. The molecule has 0 N–H and O–H groups in total. The van der Waals surface area contributed by atoms with Gasteiger partial charge in [0.2, 0.25) is 0 Å². The largest absolute Gasteiger partial charge is 1.00 e. The van der Waals surface area contributed by atoms with Gasteiger partial charge in [-0.3, -0.25) is 9.59 Å². The zero-order valence-corrected chi connectivity index (χ0v) is 38.3. The van der Waals surface area contributed by atoms with Crippen molar-refractivity contribution in [2.75, 3.05) is 0 Å². The van der Waals surface area contributed by atoms with Gasteiger partial charge in [0.1, 0.15) is 56.4 Å². The molecule has 43 heavy (non-hydrogen) atoms. The first-order valence-corrected chi connectivity index (χ1v) is 15.7. The van der Waals surface area contributed by atoms with Gasteiger partial charge < -0.3 is 22.9 Å². The third kappa shape index (κ3) is 8.77. The van der Waals surface area contributed by atoms with E-state index in [1.54, 1.807) is 0 Å². The Morgan fingerprint density at radius 3 is 1.47 bits per heavy atom. The molecule has 15 nitrogen and oxygen atoms in total. The molecule has 208 valence electrons. The van der Waals surface area contributed by atoms with Crippen LogP contribution < -0.4 is 210 Å². The molecule has 0 bridgehead atoms. The smallest absolute Gasteiger partial charge is 0.747 e. The van der Waals surface area contributed by atoms with Crippen LogP contribution in [0.25, 0.3) is 0 Å². The van der Waals surface area contributed by atoms with Crippen molar-refractivity contribution in [2.24, 2.45) is 0 Å². The Bertz CT molecular complexity index is 1970. The zero-order chi connectivity index (χ0) is 29.3. The average molecular weight is 775 g/mol. The molecule has 2 aliphatic rings. The van der Waals surface area contributed by atoms with Gasteiger partial charge in [-0.1, -0.05) is 42.5 Å². The Hall–Kier alpha value is 3.25. The number of ketones is 2. The molecule has 0 fully saturated rings. The number of rotatable bonds is 6. The van der Waals surface area contributed by atoms with E-state index in [1.165, 1.54) is 6.07 Å². The zero-order valence-electron chi connectivity index (χ0n) is 22.5. The van der Waals surface area contributed by atoms with Gasteiger partial charge >= 0.3 is 206 Å². The van der Waals surface area contributed by atoms with Gasteiger partial charge in [-0.05, 0) is 12.1 Å². The minimum atomic E-state index is -6.90. The normalized spacial score (nSPS) is 20.3. The summed E-state index contributed by atoms with van der Waals surface area (Å²) in [6, 6.07) is 8.88. The Morgan fingerprint density at radius 2 is 1.07 bits per heavy atom. The fourth-order valence-electron chi connectivity index (χ4n) is 4.37. The van der Waals surface area contributed by atoms with Crippen LogP contribution in [0.3, 0.4) is 0 Å². The van der Waals surface area contributed by atoms with E-state index in [0.717, 1.165) is 48.5 Å². The van der Waals surface area contributed by atoms with Crippen molar-refractivity contribution in [3.05, 3.63) is 86.7 Å². The number of fused-ring (bicyclic) bond motifs is 1. The molecular weight excluding hydrogens is 765 g/mol. The SMILES string of the molecule is O=C1C2=C(C(=O)c3ccccc31)C(S(=O)(=O)[O-])C(Oc1ccccc1)(S(=O)(=O)[O-])C(S(=O)(=O)[O-])=C2S(=O)(=O)[O-].[K+].[K+].[K+].[K+]. The van der Waals surface area contributed by atoms with Gasteiger partial charge in [-0.25, -0.2) is 33.7 Å². The molecule has 0 spiro atoms. The molecule has 0 aliphatic heterocycles. The molecule has 2 aliphatic carbocycles. The third-order valence-corrected chi connectivity index (χ3v) is 10.4. The van der Waals surface area contributed by atoms with Crippen molar-refractivity contribution in [3.8, 4) is 5.75 Å². The minimum absolute atomic E-state index is 0. The van der Waals surface area contributed by atoms with Gasteiger partial charge in [0.25, 0.3) is 4.93 Å². The van der Waals surface area contributed by atoms with E-state index in [9.17, 15) is 61.5 Å². The minimum Gasteiger partial charge on any atom is -0.747 e. The summed E-state index contributed by atoms with van der Waals surface area (Å²) < 4.78 is 156. The van der Waals surface area contributed by atoms with Gasteiger partial charge in [0.05, 0.1) is 4.91 Å². The summed E-state index contributed by atoms with van der Waals surface area (Å²) in [7, 11) is -26.8. The maximum atomic E-state index is 13.4. The molecule has 0 amide bonds. The second-order valence-electron chi connectivity index (χ2n) is 7.97. The summed E-state index contributed by atoms with van der Waals surface area (Å²) in [4.78, 5) is 16.5. The quantitative estimate of drug-likeness (QED) is 0.195. The van der Waals surface area contributed by atoms with Gasteiger partial charge in [-0.2, -0.15) is 0 Å². The number of ether oxygens (including phenoxy) is 1. The number of benzene rings is 2. The van der Waals surface area contributed by atoms with Crippen molar-refractivity contribution >= 4 is 52.0 Å². The number of para-hydroxylation sites is 1. The first kappa shape index (κ1) is 46.2. The van der Waals surface area contributed by atoms with Crippen molar-refractivity contribution < 1.29 is 272 Å². The van der Waals surface area contributed by atoms with Crippen LogP contribution in [0.2, 0.25) is 0 Å². The fraction of sp³-hybridized carbons (Fsp3) is 0.100. The summed E-state index contributed by atoms with van der Waals surface area (Å²) in [6.45, 7) is 0. The van der Waals surface area contributed by atoms with Crippen LogP contribution >= 0.6 is 0 Å². The molecule has 0 aromatic heterocycles. The maximum absolute atomic E-state index is 13.4. The fourth-order valence-corrected chi connectivity index (χ4v) is 10.1.